The summed E-state index contributed by atoms with van der Waals surface area (Å²) in [5.74, 6) is 0. The van der Waals surface area contributed by atoms with Crippen LogP contribution in [0.15, 0.2) is 18.2 Å². The van der Waals surface area contributed by atoms with Crippen molar-refractivity contribution in [3.05, 3.63) is 29.0 Å². The van der Waals surface area contributed by atoms with Gasteiger partial charge in [-0.1, -0.05) is 30.3 Å². The van der Waals surface area contributed by atoms with Gasteiger partial charge in [0.05, 0.1) is 0 Å². The smallest absolute Gasteiger partial charge is 0.234 e. The first-order valence-electron chi connectivity index (χ1n) is 2.56. The van der Waals surface area contributed by atoms with Crippen LogP contribution in [0, 0.1) is 0 Å². The Balaban J connectivity index is 3.07. The molecule has 1 heterocycles. The molecule has 1 aromatic rings. The Bertz CT molecular complexity index is 264. The monoisotopic (exact) mass is 173 g/mol. The van der Waals surface area contributed by atoms with Crippen molar-refractivity contribution in [2.75, 3.05) is 0 Å². The Morgan fingerprint density at radius 1 is 1.60 bits per heavy atom. The van der Waals surface area contributed by atoms with Crippen molar-refractivity contribution in [1.82, 2.24) is 4.98 Å². The third-order valence-electron chi connectivity index (χ3n) is 0.934. The van der Waals surface area contributed by atoms with Crippen LogP contribution in [0.4, 0.5) is 0 Å². The highest BCUT2D eigenvalue weighted by molar-refractivity contribution is 7.97. The van der Waals surface area contributed by atoms with Crippen LogP contribution in [0.2, 0.25) is 5.15 Å². The van der Waals surface area contributed by atoms with Crippen LogP contribution in [-0.4, -0.2) is 10.1 Å². The highest BCUT2D eigenvalue weighted by Gasteiger charge is 2.00. The van der Waals surface area contributed by atoms with Gasteiger partial charge in [-0.25, -0.2) is 4.98 Å². The molecular weight excluding hydrogens is 170 g/mol. The summed E-state index contributed by atoms with van der Waals surface area (Å²) in [6.45, 7) is 0. The highest BCUT2D eigenvalue weighted by atomic mass is 35.5. The molecule has 10 heavy (non-hydrogen) atoms. The number of pyridine rings is 1. The molecule has 0 spiro atoms. The van der Waals surface area contributed by atoms with Crippen LogP contribution < -0.4 is 0 Å². The minimum atomic E-state index is -0.373. The van der Waals surface area contributed by atoms with E-state index >= 15 is 0 Å². The molecule has 0 radical (unpaired) electrons. The van der Waals surface area contributed by atoms with Crippen molar-refractivity contribution in [2.24, 2.45) is 0 Å². The number of carbonyl (C=O) groups excluding carboxylic acids is 1. The third-order valence-corrected chi connectivity index (χ3v) is 1.37. The van der Waals surface area contributed by atoms with E-state index in [0.29, 0.717) is 5.15 Å². The van der Waals surface area contributed by atoms with Gasteiger partial charge >= 0.3 is 0 Å². The summed E-state index contributed by atoms with van der Waals surface area (Å²) in [5, 5.41) is -0.0672. The molecule has 0 fully saturated rings. The molecule has 0 saturated carbocycles. The fourth-order valence-corrected chi connectivity index (χ4v) is 0.816. The first-order valence-corrected chi connectivity index (χ1v) is 3.38. The molecule has 2 nitrogen and oxygen atoms in total. The fraction of sp³-hybridized carbons (Fsp3) is 0. The van der Waals surface area contributed by atoms with Gasteiger partial charge in [0.25, 0.3) is 0 Å². The van der Waals surface area contributed by atoms with E-state index in [4.69, 9.17) is 11.6 Å². The van der Waals surface area contributed by atoms with Crippen LogP contribution in [0.3, 0.4) is 0 Å². The van der Waals surface area contributed by atoms with E-state index < -0.39 is 0 Å². The van der Waals surface area contributed by atoms with Crippen LogP contribution in [0.5, 0.6) is 0 Å². The van der Waals surface area contributed by atoms with Gasteiger partial charge in [-0.2, -0.15) is 0 Å². The molecule has 0 aliphatic heterocycles. The fourth-order valence-electron chi connectivity index (χ4n) is 0.527. The largest absolute Gasteiger partial charge is 0.280 e. The summed E-state index contributed by atoms with van der Waals surface area (Å²) < 4.78 is 0. The lowest BCUT2D eigenvalue weighted by Crippen LogP contribution is -1.92. The number of hydrogen-bond donors (Lipinski definition) is 1. The maximum absolute atomic E-state index is 10.5. The first-order chi connectivity index (χ1) is 4.70. The topological polar surface area (TPSA) is 30.0 Å². The number of nitrogens with zero attached hydrogens (tertiary/aromatic N) is 1. The summed E-state index contributed by atoms with van der Waals surface area (Å²) in [5.41, 5.74) is 0.274. The van der Waals surface area contributed by atoms with Crippen LogP contribution >= 0.6 is 24.2 Å². The summed E-state index contributed by atoms with van der Waals surface area (Å²) in [6.07, 6.45) is 0. The average Bonchev–Trinajstić information content (AvgIpc) is 1.88. The Labute approximate surface area is 68.6 Å². The van der Waals surface area contributed by atoms with Crippen LogP contribution in [0.1, 0.15) is 10.5 Å². The van der Waals surface area contributed by atoms with E-state index in [1.807, 2.05) is 0 Å². The number of carbonyl (C=O) groups is 1. The molecule has 4 heteroatoms. The van der Waals surface area contributed by atoms with E-state index in [1.165, 1.54) is 0 Å². The SMILES string of the molecule is O=C(S)c1cccc(Cl)n1. The summed E-state index contributed by atoms with van der Waals surface area (Å²) in [7, 11) is 0. The van der Waals surface area contributed by atoms with Crippen molar-refractivity contribution >= 4 is 29.3 Å². The molecule has 0 aliphatic carbocycles. The molecule has 0 N–H and O–H groups in total. The second kappa shape index (κ2) is 3.03. The Morgan fingerprint density at radius 3 is 2.70 bits per heavy atom. The molecule has 0 bridgehead atoms. The maximum atomic E-state index is 10.5. The molecule has 0 amide bonds. The number of hydrogen-bond acceptors (Lipinski definition) is 2. The van der Waals surface area contributed by atoms with Gasteiger partial charge < -0.3 is 0 Å². The lowest BCUT2D eigenvalue weighted by molar-refractivity contribution is 0.108. The lowest BCUT2D eigenvalue weighted by Gasteiger charge is -1.91. The van der Waals surface area contributed by atoms with E-state index in [0.717, 1.165) is 0 Å². The molecule has 0 unspecified atom stereocenters. The van der Waals surface area contributed by atoms with Gasteiger partial charge in [0.1, 0.15) is 10.8 Å². The lowest BCUT2D eigenvalue weighted by atomic mass is 10.4. The van der Waals surface area contributed by atoms with Gasteiger partial charge in [-0.3, -0.25) is 4.79 Å². The molecule has 0 atom stereocenters. The van der Waals surface area contributed by atoms with Gasteiger partial charge in [-0.05, 0) is 12.1 Å². The second-order valence-corrected chi connectivity index (χ2v) is 2.44. The van der Waals surface area contributed by atoms with Crippen molar-refractivity contribution in [3.63, 3.8) is 0 Å². The Morgan fingerprint density at radius 2 is 2.30 bits per heavy atom. The van der Waals surface area contributed by atoms with E-state index in [1.54, 1.807) is 18.2 Å². The minimum Gasteiger partial charge on any atom is -0.280 e. The van der Waals surface area contributed by atoms with Gasteiger partial charge in [0, 0.05) is 0 Å². The van der Waals surface area contributed by atoms with Crippen LogP contribution in [0.25, 0.3) is 0 Å². The zero-order valence-electron chi connectivity index (χ0n) is 4.91. The third kappa shape index (κ3) is 1.72. The first kappa shape index (κ1) is 7.57. The summed E-state index contributed by atoms with van der Waals surface area (Å²) >= 11 is 9.07. The van der Waals surface area contributed by atoms with Crippen molar-refractivity contribution < 1.29 is 4.79 Å². The normalized spacial score (nSPS) is 9.40. The van der Waals surface area contributed by atoms with Crippen molar-refractivity contribution in [2.45, 2.75) is 0 Å². The quantitative estimate of drug-likeness (QED) is 0.519. The molecule has 52 valence electrons. The van der Waals surface area contributed by atoms with Gasteiger partial charge in [0.15, 0.2) is 0 Å². The predicted molar refractivity (Wildman–Crippen MR) is 42.6 cm³/mol. The van der Waals surface area contributed by atoms with Gasteiger partial charge in [0.2, 0.25) is 5.12 Å². The highest BCUT2D eigenvalue weighted by Crippen LogP contribution is 2.06. The maximum Gasteiger partial charge on any atom is 0.234 e. The van der Waals surface area contributed by atoms with E-state index in [2.05, 4.69) is 17.6 Å². The standard InChI is InChI=1S/C6H4ClNOS/c7-5-3-1-2-4(8-5)6(9)10/h1-3H,(H,9,10). The molecule has 0 aliphatic rings. The zero-order valence-corrected chi connectivity index (χ0v) is 6.56. The van der Waals surface area contributed by atoms with E-state index in [9.17, 15) is 4.79 Å². The second-order valence-electron chi connectivity index (χ2n) is 1.65. The number of thiol groups is 1. The predicted octanol–water partition coefficient (Wildman–Crippen LogP) is 1.80. The molecule has 1 rings (SSSR count). The zero-order chi connectivity index (χ0) is 7.56. The van der Waals surface area contributed by atoms with E-state index in [-0.39, 0.29) is 10.8 Å². The minimum absolute atomic E-state index is 0.274. The van der Waals surface area contributed by atoms with Crippen molar-refractivity contribution in [1.29, 1.82) is 0 Å². The molecule has 1 aromatic heterocycles. The molecule has 0 aromatic carbocycles. The summed E-state index contributed by atoms with van der Waals surface area (Å²) in [6, 6.07) is 4.81. The van der Waals surface area contributed by atoms with Crippen molar-refractivity contribution in [3.8, 4) is 0 Å². The summed E-state index contributed by atoms with van der Waals surface area (Å²) in [4.78, 5) is 14.3. The molecule has 0 saturated heterocycles. The number of aromatic nitrogens is 1. The Hall–Kier alpha value is -0.540. The van der Waals surface area contributed by atoms with Gasteiger partial charge in [-0.15, -0.1) is 0 Å². The number of halogens is 1. The molecular formula is C6H4ClNOS. The Kier molecular flexibility index (Phi) is 2.29. The average molecular weight is 174 g/mol. The van der Waals surface area contributed by atoms with Crippen LogP contribution in [-0.2, 0) is 0 Å². The number of rotatable bonds is 1.